The normalized spacial score (nSPS) is 13.9. The van der Waals surface area contributed by atoms with E-state index in [0.29, 0.717) is 47.1 Å². The summed E-state index contributed by atoms with van der Waals surface area (Å²) in [6.07, 6.45) is 0.356. The molecule has 0 radical (unpaired) electrons. The van der Waals surface area contributed by atoms with Gasteiger partial charge in [0.1, 0.15) is 0 Å². The molecule has 0 atom stereocenters. The molecule has 190 valence electrons. The number of carboxylic acid groups (broad SMARTS) is 1. The number of hydrogen-bond donors (Lipinski definition) is 2. The average Bonchev–Trinajstić information content (AvgIpc) is 3.27. The Bertz CT molecular complexity index is 1500. The second-order valence-corrected chi connectivity index (χ2v) is 11.1. The van der Waals surface area contributed by atoms with Gasteiger partial charge in [-0.05, 0) is 35.4 Å². The predicted molar refractivity (Wildman–Crippen MR) is 144 cm³/mol. The van der Waals surface area contributed by atoms with Gasteiger partial charge >= 0.3 is 11.8 Å². The first-order valence-corrected chi connectivity index (χ1v) is 13.5. The van der Waals surface area contributed by atoms with Crippen LogP contribution in [0.2, 0.25) is 5.02 Å². The molecule has 1 fully saturated rings. The third-order valence-electron chi connectivity index (χ3n) is 6.18. The van der Waals surface area contributed by atoms with Crippen molar-refractivity contribution < 1.29 is 14.5 Å². The summed E-state index contributed by atoms with van der Waals surface area (Å²) >= 11 is 6.08. The molecule has 12 heteroatoms. The van der Waals surface area contributed by atoms with E-state index in [1.807, 2.05) is 18.2 Å². The van der Waals surface area contributed by atoms with Crippen LogP contribution in [0.4, 0.5) is 4.79 Å². The van der Waals surface area contributed by atoms with E-state index in [0.717, 1.165) is 5.52 Å². The smallest absolute Gasteiger partial charge is 0.407 e. The molecule has 5 rings (SSSR count). The fraction of sp³-hybridized carbons (Fsp3) is 0.200. The standard InChI is InChI=1S/C13H14ClN3O3.C12H10N3OP/c14-9-2-1-3-10-11(9)15-12(18)17(10)8-4-6-16(7-5-8)13(19)20;13-14-15-17(16,11-7-3-1-4-8-11)12-9-5-2-6-10-12/h1-3,8H,4-7H2,(H,15,18)(H,19,20);1-10H. The van der Waals surface area contributed by atoms with Gasteiger partial charge < -0.3 is 19.6 Å². The van der Waals surface area contributed by atoms with Crippen molar-refractivity contribution in [2.24, 2.45) is 4.88 Å². The number of amides is 1. The number of H-pyrrole nitrogens is 1. The maximum Gasteiger partial charge on any atom is 0.407 e. The van der Waals surface area contributed by atoms with Gasteiger partial charge in [-0.1, -0.05) is 78.3 Å². The van der Waals surface area contributed by atoms with Crippen LogP contribution in [0.15, 0.2) is 88.5 Å². The minimum absolute atomic E-state index is 0.00492. The lowest BCUT2D eigenvalue weighted by Gasteiger charge is -2.30. The van der Waals surface area contributed by atoms with Crippen LogP contribution >= 0.6 is 18.9 Å². The number of halogens is 1. The molecular weight excluding hydrogens is 515 g/mol. The van der Waals surface area contributed by atoms with Gasteiger partial charge in [0.05, 0.1) is 16.1 Å². The first-order valence-electron chi connectivity index (χ1n) is 11.5. The lowest BCUT2D eigenvalue weighted by atomic mass is 10.1. The van der Waals surface area contributed by atoms with Gasteiger partial charge in [0.15, 0.2) is 0 Å². The van der Waals surface area contributed by atoms with E-state index < -0.39 is 13.4 Å². The maximum absolute atomic E-state index is 12.8. The average molecular weight is 539 g/mol. The van der Waals surface area contributed by atoms with Gasteiger partial charge in [0.25, 0.3) is 0 Å². The second-order valence-electron chi connectivity index (χ2n) is 8.36. The quantitative estimate of drug-likeness (QED) is 0.152. The Labute approximate surface area is 217 Å². The number of piperidine rings is 1. The van der Waals surface area contributed by atoms with Crippen molar-refractivity contribution in [1.82, 2.24) is 14.5 Å². The summed E-state index contributed by atoms with van der Waals surface area (Å²) in [6, 6.07) is 23.0. The summed E-state index contributed by atoms with van der Waals surface area (Å²) in [6.45, 7) is 0.888. The van der Waals surface area contributed by atoms with Crippen LogP contribution in [0.5, 0.6) is 0 Å². The zero-order valence-corrected chi connectivity index (χ0v) is 21.3. The number of likely N-dealkylation sites (tertiary alicyclic amines) is 1. The number of imidazole rings is 1. The summed E-state index contributed by atoms with van der Waals surface area (Å²) in [5, 5.41) is 10.6. The predicted octanol–water partition coefficient (Wildman–Crippen LogP) is 5.52. The van der Waals surface area contributed by atoms with E-state index >= 15 is 0 Å². The minimum atomic E-state index is -3.22. The van der Waals surface area contributed by atoms with Crippen molar-refractivity contribution in [3.05, 3.63) is 105 Å². The van der Waals surface area contributed by atoms with E-state index in [4.69, 9.17) is 22.2 Å². The van der Waals surface area contributed by atoms with Crippen LogP contribution < -0.4 is 16.3 Å². The van der Waals surface area contributed by atoms with Crippen molar-refractivity contribution in [1.29, 1.82) is 0 Å². The molecule has 0 spiro atoms. The summed E-state index contributed by atoms with van der Waals surface area (Å²) < 4.78 is 14.5. The first kappa shape index (κ1) is 26.1. The number of hydrogen-bond acceptors (Lipinski definition) is 3. The lowest BCUT2D eigenvalue weighted by molar-refractivity contribution is 0.125. The molecule has 0 saturated carbocycles. The largest absolute Gasteiger partial charge is 0.465 e. The molecule has 3 aromatic carbocycles. The van der Waals surface area contributed by atoms with E-state index in [9.17, 15) is 14.2 Å². The molecule has 2 heterocycles. The molecule has 1 aliphatic heterocycles. The summed E-state index contributed by atoms with van der Waals surface area (Å²) in [5.74, 6) is 0. The van der Waals surface area contributed by atoms with E-state index in [1.54, 1.807) is 65.2 Å². The van der Waals surface area contributed by atoms with Crippen LogP contribution in [0.25, 0.3) is 21.5 Å². The van der Waals surface area contributed by atoms with Gasteiger partial charge in [-0.3, -0.25) is 4.57 Å². The highest BCUT2D eigenvalue weighted by molar-refractivity contribution is 7.77. The molecule has 1 saturated heterocycles. The van der Waals surface area contributed by atoms with Crippen molar-refractivity contribution >= 4 is 46.6 Å². The van der Waals surface area contributed by atoms with E-state index in [1.165, 1.54) is 4.90 Å². The van der Waals surface area contributed by atoms with Gasteiger partial charge in [-0.15, -0.1) is 0 Å². The molecule has 1 amide bonds. The van der Waals surface area contributed by atoms with E-state index in [-0.39, 0.29) is 11.7 Å². The topological polar surface area (TPSA) is 144 Å². The van der Waals surface area contributed by atoms with Crippen molar-refractivity contribution in [3.63, 3.8) is 0 Å². The van der Waals surface area contributed by atoms with E-state index in [2.05, 4.69) is 14.8 Å². The van der Waals surface area contributed by atoms with Crippen molar-refractivity contribution in [2.75, 3.05) is 13.1 Å². The number of rotatable bonds is 4. The van der Waals surface area contributed by atoms with Gasteiger partial charge in [-0.2, -0.15) is 0 Å². The minimum Gasteiger partial charge on any atom is -0.465 e. The lowest BCUT2D eigenvalue weighted by Crippen LogP contribution is -2.39. The number of benzene rings is 3. The highest BCUT2D eigenvalue weighted by Crippen LogP contribution is 2.44. The number of nitrogens with zero attached hydrogens (tertiary/aromatic N) is 5. The molecule has 0 unspecified atom stereocenters. The second kappa shape index (κ2) is 11.4. The van der Waals surface area contributed by atoms with Crippen LogP contribution in [0.3, 0.4) is 0 Å². The molecule has 4 aromatic rings. The zero-order valence-electron chi connectivity index (χ0n) is 19.6. The number of fused-ring (bicyclic) bond motifs is 1. The maximum atomic E-state index is 12.8. The molecule has 10 nitrogen and oxygen atoms in total. The Hall–Kier alpha value is -3.97. The van der Waals surface area contributed by atoms with Crippen molar-refractivity contribution in [3.8, 4) is 0 Å². The van der Waals surface area contributed by atoms with Crippen LogP contribution in [0, 0.1) is 0 Å². The van der Waals surface area contributed by atoms with Gasteiger partial charge in [0, 0.05) is 34.7 Å². The van der Waals surface area contributed by atoms with Crippen molar-refractivity contribution in [2.45, 2.75) is 18.9 Å². The number of para-hydroxylation sites is 1. The number of aromatic amines is 1. The number of azide groups is 1. The number of aromatic nitrogens is 2. The van der Waals surface area contributed by atoms with Gasteiger partial charge in [-0.25, -0.2) is 9.59 Å². The molecule has 0 bridgehead atoms. The molecule has 1 aliphatic rings. The Morgan fingerprint density at radius 3 is 2.08 bits per heavy atom. The summed E-state index contributed by atoms with van der Waals surface area (Å²) in [7, 11) is -3.22. The number of nitrogens with one attached hydrogen (secondary N) is 1. The van der Waals surface area contributed by atoms with Gasteiger partial charge in [0.2, 0.25) is 7.29 Å². The molecular formula is C25H24ClN6O4P. The third-order valence-corrected chi connectivity index (χ3v) is 8.82. The highest BCUT2D eigenvalue weighted by atomic mass is 35.5. The zero-order chi connectivity index (χ0) is 26.4. The summed E-state index contributed by atoms with van der Waals surface area (Å²) in [5.41, 5.74) is 9.83. The highest BCUT2D eigenvalue weighted by Gasteiger charge is 2.26. The Morgan fingerprint density at radius 2 is 1.57 bits per heavy atom. The van der Waals surface area contributed by atoms with Crippen LogP contribution in [-0.2, 0) is 4.57 Å². The summed E-state index contributed by atoms with van der Waals surface area (Å²) in [4.78, 5) is 33.4. The first-order chi connectivity index (χ1) is 17.8. The molecule has 37 heavy (non-hydrogen) atoms. The SMILES string of the molecule is O=C(O)N1CCC(n2c(=O)[nH]c3c(Cl)cccc32)CC1.[N-]=[N+]=NP(=O)(c1ccccc1)c1ccccc1. The number of carbonyl (C=O) groups is 1. The third kappa shape index (κ3) is 5.57. The fourth-order valence-electron chi connectivity index (χ4n) is 4.36. The monoisotopic (exact) mass is 538 g/mol. The van der Waals surface area contributed by atoms with Crippen LogP contribution in [0.1, 0.15) is 18.9 Å². The Kier molecular flexibility index (Phi) is 8.04. The molecule has 2 N–H and O–H groups in total. The Balaban J connectivity index is 0.000000176. The fourth-order valence-corrected chi connectivity index (χ4v) is 6.35. The molecule has 1 aromatic heterocycles. The Morgan fingerprint density at radius 1 is 1.00 bits per heavy atom. The molecule has 0 aliphatic carbocycles. The van der Waals surface area contributed by atoms with Crippen LogP contribution in [-0.4, -0.2) is 38.7 Å².